The molecule has 1 heterocycles. The summed E-state index contributed by atoms with van der Waals surface area (Å²) in [6, 6.07) is -1.90. The Bertz CT molecular complexity index is 368. The molecule has 0 radical (unpaired) electrons. The Labute approximate surface area is 105 Å². The van der Waals surface area contributed by atoms with E-state index in [2.05, 4.69) is 0 Å². The summed E-state index contributed by atoms with van der Waals surface area (Å²) in [5.74, 6) is -1.49. The molecule has 1 rings (SSSR count). The van der Waals surface area contributed by atoms with Crippen LogP contribution in [0.3, 0.4) is 0 Å². The van der Waals surface area contributed by atoms with E-state index in [0.717, 1.165) is 0 Å². The number of urea groups is 1. The summed E-state index contributed by atoms with van der Waals surface area (Å²) in [5.41, 5.74) is -0.568. The standard InChI is InChI=1S/C11H18F2N2O3/c1-11(2,3)15(4)6-7(9(16)17)14(10(15)18)5-8(12)13/h7-8H,5-6H2,1-4H3. The Morgan fingerprint density at radius 1 is 1.56 bits per heavy atom. The number of carboxylic acid groups (broad SMARTS) is 1. The minimum absolute atomic E-state index is 0.0581. The van der Waals surface area contributed by atoms with E-state index in [1.165, 1.54) is 0 Å². The number of carbonyl (C=O) groups excluding carboxylic acids is 2. The summed E-state index contributed by atoms with van der Waals surface area (Å²) >= 11 is 0. The smallest absolute Gasteiger partial charge is 0.420 e. The van der Waals surface area contributed by atoms with Gasteiger partial charge in [-0.1, -0.05) is 0 Å². The van der Waals surface area contributed by atoms with E-state index in [4.69, 9.17) is 0 Å². The Balaban J connectivity index is 3.11. The van der Waals surface area contributed by atoms with Crippen LogP contribution >= 0.6 is 0 Å². The zero-order valence-electron chi connectivity index (χ0n) is 10.9. The topological polar surface area (TPSA) is 60.4 Å². The number of likely N-dealkylation sites (N-methyl/N-ethyl adjacent to an activating group) is 1. The number of quaternary nitrogens is 1. The molecule has 0 aromatic heterocycles. The minimum atomic E-state index is -2.76. The summed E-state index contributed by atoms with van der Waals surface area (Å²) in [4.78, 5) is 23.9. The molecule has 0 N–H and O–H groups in total. The van der Waals surface area contributed by atoms with Crippen LogP contribution in [0, 0.1) is 0 Å². The number of halogens is 2. The molecule has 104 valence electrons. The van der Waals surface area contributed by atoms with Crippen LogP contribution < -0.4 is 5.11 Å². The Morgan fingerprint density at radius 2 is 2.06 bits per heavy atom. The van der Waals surface area contributed by atoms with Gasteiger partial charge in [0.25, 0.3) is 6.43 Å². The van der Waals surface area contributed by atoms with E-state index in [0.29, 0.717) is 4.90 Å². The molecule has 5 nitrogen and oxygen atoms in total. The summed E-state index contributed by atoms with van der Waals surface area (Å²) in [6.07, 6.45) is -2.76. The monoisotopic (exact) mass is 264 g/mol. The molecule has 2 unspecified atom stereocenters. The fourth-order valence-electron chi connectivity index (χ4n) is 2.06. The highest BCUT2D eigenvalue weighted by Gasteiger charge is 2.56. The van der Waals surface area contributed by atoms with Gasteiger partial charge >= 0.3 is 6.03 Å². The summed E-state index contributed by atoms with van der Waals surface area (Å²) < 4.78 is 24.6. The van der Waals surface area contributed by atoms with E-state index in [1.54, 1.807) is 27.8 Å². The molecular formula is C11H18F2N2O3. The molecule has 2 amide bonds. The average molecular weight is 264 g/mol. The molecule has 1 aliphatic heterocycles. The number of amides is 2. The van der Waals surface area contributed by atoms with E-state index in [-0.39, 0.29) is 11.0 Å². The molecule has 0 bridgehead atoms. The van der Waals surface area contributed by atoms with Gasteiger partial charge in [0.15, 0.2) is 0 Å². The van der Waals surface area contributed by atoms with E-state index in [1.807, 2.05) is 0 Å². The Hall–Kier alpha value is -1.24. The van der Waals surface area contributed by atoms with Gasteiger partial charge in [0.1, 0.15) is 12.6 Å². The first-order valence-electron chi connectivity index (χ1n) is 5.66. The molecule has 1 saturated heterocycles. The molecule has 0 aromatic carbocycles. The maximum Gasteiger partial charge on any atom is 0.420 e. The maximum atomic E-state index is 12.4. The van der Waals surface area contributed by atoms with Gasteiger partial charge in [-0.15, -0.1) is 0 Å². The highest BCUT2D eigenvalue weighted by molar-refractivity contribution is 5.81. The lowest BCUT2D eigenvalue weighted by Gasteiger charge is -2.38. The highest BCUT2D eigenvalue weighted by Crippen LogP contribution is 2.32. The van der Waals surface area contributed by atoms with Crippen molar-refractivity contribution in [3.8, 4) is 0 Å². The van der Waals surface area contributed by atoms with E-state index < -0.39 is 36.6 Å². The van der Waals surface area contributed by atoms with Crippen LogP contribution in [-0.4, -0.2) is 59.5 Å². The molecule has 0 aliphatic carbocycles. The van der Waals surface area contributed by atoms with Crippen molar-refractivity contribution in [2.75, 3.05) is 20.1 Å². The van der Waals surface area contributed by atoms with E-state index in [9.17, 15) is 23.5 Å². The lowest BCUT2D eigenvalue weighted by Crippen LogP contribution is -2.59. The molecule has 1 fully saturated rings. The fourth-order valence-corrected chi connectivity index (χ4v) is 2.06. The predicted molar refractivity (Wildman–Crippen MR) is 57.7 cm³/mol. The third-order valence-electron chi connectivity index (χ3n) is 3.67. The quantitative estimate of drug-likeness (QED) is 0.677. The predicted octanol–water partition coefficient (Wildman–Crippen LogP) is 0.0507. The first-order chi connectivity index (χ1) is 8.00. The summed E-state index contributed by atoms with van der Waals surface area (Å²) in [5, 5.41) is 11.0. The van der Waals surface area contributed by atoms with E-state index >= 15 is 0 Å². The van der Waals surface area contributed by atoms with Crippen LogP contribution in [0.25, 0.3) is 0 Å². The second kappa shape index (κ2) is 4.46. The van der Waals surface area contributed by atoms with Crippen molar-refractivity contribution >= 4 is 12.0 Å². The van der Waals surface area contributed by atoms with Crippen molar-refractivity contribution in [2.24, 2.45) is 0 Å². The molecule has 0 spiro atoms. The minimum Gasteiger partial charge on any atom is -0.548 e. The van der Waals surface area contributed by atoms with Gasteiger partial charge in [-0.2, -0.15) is 0 Å². The van der Waals surface area contributed by atoms with Gasteiger partial charge in [-0.05, 0) is 20.8 Å². The second-order valence-corrected chi connectivity index (χ2v) is 5.71. The fraction of sp³-hybridized carbons (Fsp3) is 0.818. The summed E-state index contributed by atoms with van der Waals surface area (Å²) in [7, 11) is 1.56. The first kappa shape index (κ1) is 14.8. The van der Waals surface area contributed by atoms with Crippen molar-refractivity contribution in [2.45, 2.75) is 38.8 Å². The molecule has 0 aromatic rings. The van der Waals surface area contributed by atoms with Crippen molar-refractivity contribution in [3.05, 3.63) is 0 Å². The number of alkyl halides is 2. The third kappa shape index (κ3) is 2.31. The number of rotatable bonds is 3. The highest BCUT2D eigenvalue weighted by atomic mass is 19.3. The molecule has 2 atom stereocenters. The van der Waals surface area contributed by atoms with Gasteiger partial charge in [-0.25, -0.2) is 18.1 Å². The van der Waals surface area contributed by atoms with Crippen LogP contribution in [0.1, 0.15) is 20.8 Å². The van der Waals surface area contributed by atoms with Crippen LogP contribution in [0.15, 0.2) is 0 Å². The summed E-state index contributed by atoms with van der Waals surface area (Å²) in [6.45, 7) is 4.37. The van der Waals surface area contributed by atoms with Crippen LogP contribution in [0.2, 0.25) is 0 Å². The number of nitrogens with zero attached hydrogens (tertiary/aromatic N) is 2. The number of aliphatic carboxylic acids is 1. The van der Waals surface area contributed by atoms with Crippen molar-refractivity contribution in [1.29, 1.82) is 0 Å². The van der Waals surface area contributed by atoms with Crippen molar-refractivity contribution < 1.29 is 28.0 Å². The first-order valence-corrected chi connectivity index (χ1v) is 5.66. The Kier molecular flexibility index (Phi) is 3.67. The molecule has 18 heavy (non-hydrogen) atoms. The molecular weight excluding hydrogens is 246 g/mol. The lowest BCUT2D eigenvalue weighted by molar-refractivity contribution is -0.871. The number of hydrogen-bond donors (Lipinski definition) is 0. The van der Waals surface area contributed by atoms with Crippen LogP contribution in [0.5, 0.6) is 0 Å². The average Bonchev–Trinajstić information content (AvgIpc) is 2.42. The SMILES string of the molecule is CC(C)(C)[N+]1(C)CC(C(=O)[O-])N(CC(F)F)C1=O. The number of hydrogen-bond acceptors (Lipinski definition) is 3. The zero-order chi connectivity index (χ0) is 14.3. The third-order valence-corrected chi connectivity index (χ3v) is 3.67. The Morgan fingerprint density at radius 3 is 2.39 bits per heavy atom. The van der Waals surface area contributed by atoms with Gasteiger partial charge in [0.2, 0.25) is 0 Å². The maximum absolute atomic E-state index is 12.4. The number of carbonyl (C=O) groups is 2. The van der Waals surface area contributed by atoms with Gasteiger partial charge in [0, 0.05) is 0 Å². The van der Waals surface area contributed by atoms with Crippen LogP contribution in [-0.2, 0) is 4.79 Å². The van der Waals surface area contributed by atoms with Gasteiger partial charge in [-0.3, -0.25) is 4.90 Å². The van der Waals surface area contributed by atoms with Crippen LogP contribution in [0.4, 0.5) is 13.6 Å². The lowest BCUT2D eigenvalue weighted by atomic mass is 10.0. The molecule has 1 aliphatic rings. The van der Waals surface area contributed by atoms with Gasteiger partial charge < -0.3 is 9.90 Å². The van der Waals surface area contributed by atoms with Crippen molar-refractivity contribution in [3.63, 3.8) is 0 Å². The largest absolute Gasteiger partial charge is 0.548 e. The number of carboxylic acids is 1. The molecule has 7 heteroatoms. The second-order valence-electron chi connectivity index (χ2n) is 5.71. The normalized spacial score (nSPS) is 29.2. The van der Waals surface area contributed by atoms with Crippen molar-refractivity contribution in [1.82, 2.24) is 4.90 Å². The molecule has 0 saturated carbocycles. The van der Waals surface area contributed by atoms with Gasteiger partial charge in [0.05, 0.1) is 25.1 Å². The zero-order valence-corrected chi connectivity index (χ0v) is 10.9.